The number of primary amides is 1. The quantitative estimate of drug-likeness (QED) is 0.649. The number of esters is 1. The van der Waals surface area contributed by atoms with Crippen LogP contribution in [0.4, 0.5) is 5.00 Å². The third-order valence-electron chi connectivity index (χ3n) is 3.73. The highest BCUT2D eigenvalue weighted by Crippen LogP contribution is 2.33. The van der Waals surface area contributed by atoms with Crippen LogP contribution in [0.1, 0.15) is 38.1 Å². The molecule has 0 fully saturated rings. The monoisotopic (exact) mass is 393 g/mol. The molecule has 27 heavy (non-hydrogen) atoms. The summed E-state index contributed by atoms with van der Waals surface area (Å²) in [7, 11) is 3.62. The zero-order valence-electron chi connectivity index (χ0n) is 15.7. The van der Waals surface area contributed by atoms with Gasteiger partial charge in [-0.3, -0.25) is 19.2 Å². The molecule has 9 nitrogen and oxygen atoms in total. The Labute approximate surface area is 161 Å². The van der Waals surface area contributed by atoms with E-state index in [1.54, 1.807) is 31.8 Å². The predicted octanol–water partition coefficient (Wildman–Crippen LogP) is 1.14. The maximum Gasteiger partial charge on any atom is 0.341 e. The van der Waals surface area contributed by atoms with Crippen LogP contribution in [0, 0.1) is 6.92 Å². The summed E-state index contributed by atoms with van der Waals surface area (Å²) in [5.74, 6) is -1.57. The smallest absolute Gasteiger partial charge is 0.341 e. The van der Waals surface area contributed by atoms with E-state index in [2.05, 4.69) is 10.4 Å². The number of aromatic nitrogens is 2. The van der Waals surface area contributed by atoms with Crippen LogP contribution in [0.15, 0.2) is 12.4 Å². The number of carbonyl (C=O) groups excluding carboxylic acids is 3. The van der Waals surface area contributed by atoms with Crippen molar-refractivity contribution < 1.29 is 19.1 Å². The molecule has 2 aromatic heterocycles. The Hall–Kier alpha value is -2.72. The number of rotatable bonds is 8. The van der Waals surface area contributed by atoms with Crippen LogP contribution < -0.4 is 11.1 Å². The second-order valence-corrected chi connectivity index (χ2v) is 7.11. The van der Waals surface area contributed by atoms with Gasteiger partial charge in [-0.05, 0) is 26.5 Å². The first kappa shape index (κ1) is 20.6. The minimum absolute atomic E-state index is 0.0972. The van der Waals surface area contributed by atoms with Crippen LogP contribution in [0.3, 0.4) is 0 Å². The van der Waals surface area contributed by atoms with Gasteiger partial charge in [0.1, 0.15) is 5.00 Å². The number of hydrogen-bond donors (Lipinski definition) is 2. The molecule has 0 saturated carbocycles. The van der Waals surface area contributed by atoms with Crippen molar-refractivity contribution in [2.75, 3.05) is 25.5 Å². The highest BCUT2D eigenvalue weighted by atomic mass is 32.1. The number of nitrogens with one attached hydrogen (secondary N) is 1. The summed E-state index contributed by atoms with van der Waals surface area (Å²) in [6.45, 7) is 4.11. The number of thiophene rings is 1. The molecule has 0 bridgehead atoms. The number of anilines is 1. The Morgan fingerprint density at radius 3 is 2.67 bits per heavy atom. The summed E-state index contributed by atoms with van der Waals surface area (Å²) in [6.07, 6.45) is 3.60. The molecule has 146 valence electrons. The van der Waals surface area contributed by atoms with Gasteiger partial charge in [0.15, 0.2) is 0 Å². The molecule has 0 aromatic carbocycles. The maximum absolute atomic E-state index is 12.4. The largest absolute Gasteiger partial charge is 0.462 e. The molecule has 0 aliphatic carbocycles. The van der Waals surface area contributed by atoms with E-state index < -0.39 is 11.9 Å². The average molecular weight is 393 g/mol. The van der Waals surface area contributed by atoms with Crippen molar-refractivity contribution in [2.24, 2.45) is 12.8 Å². The third kappa shape index (κ3) is 5.14. The first-order valence-corrected chi connectivity index (χ1v) is 9.10. The average Bonchev–Trinajstić information content (AvgIpc) is 3.10. The van der Waals surface area contributed by atoms with E-state index >= 15 is 0 Å². The SMILES string of the molecule is CCOC(=O)c1c(NC(=O)CN(C)Cc2cnn(C)c2)sc(C(N)=O)c1C. The number of likely N-dealkylation sites (N-methyl/N-ethyl adjacent to an activating group) is 1. The van der Waals surface area contributed by atoms with Gasteiger partial charge in [0.2, 0.25) is 5.91 Å². The minimum atomic E-state index is -0.655. The van der Waals surface area contributed by atoms with E-state index in [1.165, 1.54) is 0 Å². The predicted molar refractivity (Wildman–Crippen MR) is 102 cm³/mol. The van der Waals surface area contributed by atoms with Crippen molar-refractivity contribution in [1.29, 1.82) is 0 Å². The fourth-order valence-electron chi connectivity index (χ4n) is 2.62. The van der Waals surface area contributed by atoms with E-state index in [9.17, 15) is 14.4 Å². The van der Waals surface area contributed by atoms with Crippen LogP contribution in [0.25, 0.3) is 0 Å². The number of aryl methyl sites for hydroxylation is 1. The number of nitrogens with zero attached hydrogens (tertiary/aromatic N) is 3. The van der Waals surface area contributed by atoms with Crippen molar-refractivity contribution in [3.8, 4) is 0 Å². The molecule has 10 heteroatoms. The Morgan fingerprint density at radius 1 is 1.41 bits per heavy atom. The standard InChI is InChI=1S/C17H23N5O4S/c1-5-26-17(25)13-10(2)14(15(18)24)27-16(13)20-12(23)9-21(3)7-11-6-19-22(4)8-11/h6,8H,5,7,9H2,1-4H3,(H2,18,24)(H,20,23). The van der Waals surface area contributed by atoms with Gasteiger partial charge in [0.05, 0.1) is 29.8 Å². The first-order valence-electron chi connectivity index (χ1n) is 8.29. The summed E-state index contributed by atoms with van der Waals surface area (Å²) < 4.78 is 6.72. The molecule has 0 atom stereocenters. The van der Waals surface area contributed by atoms with Gasteiger partial charge in [-0.15, -0.1) is 11.3 Å². The zero-order valence-corrected chi connectivity index (χ0v) is 16.6. The third-order valence-corrected chi connectivity index (χ3v) is 4.95. The molecule has 0 aliphatic heterocycles. The van der Waals surface area contributed by atoms with Crippen LogP contribution in [-0.4, -0.2) is 52.7 Å². The number of ether oxygens (including phenoxy) is 1. The molecule has 0 spiro atoms. The number of carbonyl (C=O) groups is 3. The van der Waals surface area contributed by atoms with Crippen molar-refractivity contribution in [2.45, 2.75) is 20.4 Å². The maximum atomic E-state index is 12.4. The van der Waals surface area contributed by atoms with Crippen LogP contribution in [-0.2, 0) is 23.1 Å². The summed E-state index contributed by atoms with van der Waals surface area (Å²) >= 11 is 0.972. The number of hydrogen-bond acceptors (Lipinski definition) is 7. The van der Waals surface area contributed by atoms with E-state index in [-0.39, 0.29) is 34.5 Å². The second kappa shape index (κ2) is 8.78. The van der Waals surface area contributed by atoms with Crippen LogP contribution in [0.5, 0.6) is 0 Å². The topological polar surface area (TPSA) is 120 Å². The van der Waals surface area contributed by atoms with Crippen LogP contribution >= 0.6 is 11.3 Å². The fraction of sp³-hybridized carbons (Fsp3) is 0.412. The van der Waals surface area contributed by atoms with E-state index in [1.807, 2.05) is 18.1 Å². The first-order chi connectivity index (χ1) is 12.7. The highest BCUT2D eigenvalue weighted by Gasteiger charge is 2.25. The Balaban J connectivity index is 2.12. The van der Waals surface area contributed by atoms with Crippen molar-refractivity contribution in [3.05, 3.63) is 34.0 Å². The van der Waals surface area contributed by atoms with Gasteiger partial charge in [-0.2, -0.15) is 5.10 Å². The zero-order chi connectivity index (χ0) is 20.1. The minimum Gasteiger partial charge on any atom is -0.462 e. The summed E-state index contributed by atoms with van der Waals surface area (Å²) in [4.78, 5) is 38.3. The van der Waals surface area contributed by atoms with Gasteiger partial charge in [-0.25, -0.2) is 4.79 Å². The molecule has 0 aliphatic rings. The van der Waals surface area contributed by atoms with Gasteiger partial charge < -0.3 is 15.8 Å². The molecule has 0 saturated heterocycles. The summed E-state index contributed by atoms with van der Waals surface area (Å²) in [5, 5.41) is 7.05. The molecule has 3 N–H and O–H groups in total. The van der Waals surface area contributed by atoms with Crippen molar-refractivity contribution in [3.63, 3.8) is 0 Å². The molecule has 2 heterocycles. The Bertz CT molecular complexity index is 858. The van der Waals surface area contributed by atoms with E-state index in [4.69, 9.17) is 10.5 Å². The summed E-state index contributed by atoms with van der Waals surface area (Å²) in [5.41, 5.74) is 6.91. The Morgan fingerprint density at radius 2 is 2.11 bits per heavy atom. The normalized spacial score (nSPS) is 10.9. The lowest BCUT2D eigenvalue weighted by Crippen LogP contribution is -2.30. The lowest BCUT2D eigenvalue weighted by atomic mass is 10.1. The van der Waals surface area contributed by atoms with Gasteiger partial charge >= 0.3 is 5.97 Å². The molecule has 2 amide bonds. The van der Waals surface area contributed by atoms with Crippen molar-refractivity contribution in [1.82, 2.24) is 14.7 Å². The molecule has 2 aromatic rings. The molecule has 2 rings (SSSR count). The number of nitrogens with two attached hydrogens (primary N) is 1. The molecular weight excluding hydrogens is 370 g/mol. The lowest BCUT2D eigenvalue weighted by Gasteiger charge is -2.15. The second-order valence-electron chi connectivity index (χ2n) is 6.09. The fourth-order valence-corrected chi connectivity index (χ4v) is 3.68. The van der Waals surface area contributed by atoms with Gasteiger partial charge in [0, 0.05) is 25.4 Å². The van der Waals surface area contributed by atoms with Crippen LogP contribution in [0.2, 0.25) is 0 Å². The lowest BCUT2D eigenvalue weighted by molar-refractivity contribution is -0.117. The Kier molecular flexibility index (Phi) is 6.70. The molecule has 0 unspecified atom stereocenters. The van der Waals surface area contributed by atoms with Gasteiger partial charge in [0.25, 0.3) is 5.91 Å². The van der Waals surface area contributed by atoms with Gasteiger partial charge in [-0.1, -0.05) is 0 Å². The molecule has 0 radical (unpaired) electrons. The van der Waals surface area contributed by atoms with E-state index in [0.29, 0.717) is 12.1 Å². The highest BCUT2D eigenvalue weighted by molar-refractivity contribution is 7.18. The van der Waals surface area contributed by atoms with Crippen molar-refractivity contribution >= 4 is 34.1 Å². The summed E-state index contributed by atoms with van der Waals surface area (Å²) in [6, 6.07) is 0. The number of amides is 2. The van der Waals surface area contributed by atoms with E-state index in [0.717, 1.165) is 16.9 Å². The molecular formula is C17H23N5O4S.